The summed E-state index contributed by atoms with van der Waals surface area (Å²) in [6.45, 7) is 0.678. The van der Waals surface area contributed by atoms with Gasteiger partial charge in [0, 0.05) is 31.7 Å². The van der Waals surface area contributed by atoms with Gasteiger partial charge in [0.05, 0.1) is 0 Å². The van der Waals surface area contributed by atoms with Crippen molar-refractivity contribution in [3.8, 4) is 11.5 Å². The molecule has 3 aromatic rings. The van der Waals surface area contributed by atoms with Crippen LogP contribution >= 0.6 is 0 Å². The van der Waals surface area contributed by atoms with Crippen LogP contribution in [0.25, 0.3) is 11.5 Å². The van der Waals surface area contributed by atoms with Crippen molar-refractivity contribution in [1.82, 2.24) is 19.9 Å². The van der Waals surface area contributed by atoms with Crippen LogP contribution in [0.5, 0.6) is 0 Å². The maximum atomic E-state index is 13.5. The molecule has 128 valence electrons. The Morgan fingerprint density at radius 1 is 1.04 bits per heavy atom. The third kappa shape index (κ3) is 3.97. The molecule has 0 fully saturated rings. The quantitative estimate of drug-likeness (QED) is 0.748. The van der Waals surface area contributed by atoms with E-state index in [1.807, 2.05) is 22.8 Å². The third-order valence-electron chi connectivity index (χ3n) is 3.45. The number of aromatic nitrogens is 3. The summed E-state index contributed by atoms with van der Waals surface area (Å²) in [5.41, 5.74) is 0.238. The predicted octanol–water partition coefficient (Wildman–Crippen LogP) is 3.05. The van der Waals surface area contributed by atoms with Gasteiger partial charge in [0.15, 0.2) is 5.82 Å². The molecule has 1 aromatic carbocycles. The van der Waals surface area contributed by atoms with E-state index < -0.39 is 23.4 Å². The Labute approximate surface area is 142 Å². The van der Waals surface area contributed by atoms with Gasteiger partial charge >= 0.3 is 6.03 Å². The number of rotatable bonds is 5. The third-order valence-corrected chi connectivity index (χ3v) is 3.45. The van der Waals surface area contributed by atoms with Crippen molar-refractivity contribution >= 4 is 11.7 Å². The maximum absolute atomic E-state index is 13.5. The highest BCUT2D eigenvalue weighted by molar-refractivity contribution is 5.89. The zero-order valence-corrected chi connectivity index (χ0v) is 13.1. The normalized spacial score (nSPS) is 10.5. The Morgan fingerprint density at radius 3 is 2.56 bits per heavy atom. The van der Waals surface area contributed by atoms with E-state index in [0.29, 0.717) is 18.1 Å². The van der Waals surface area contributed by atoms with E-state index in [1.54, 1.807) is 18.6 Å². The molecule has 8 heteroatoms. The minimum Gasteiger partial charge on any atom is -0.336 e. The number of para-hydroxylation sites is 1. The van der Waals surface area contributed by atoms with Gasteiger partial charge in [0.1, 0.15) is 23.0 Å². The Hall–Kier alpha value is -3.29. The molecule has 0 spiro atoms. The Kier molecular flexibility index (Phi) is 4.98. The number of imidazole rings is 1. The van der Waals surface area contributed by atoms with Gasteiger partial charge in [-0.1, -0.05) is 12.1 Å². The first-order chi connectivity index (χ1) is 12.1. The lowest BCUT2D eigenvalue weighted by atomic mass is 10.3. The highest BCUT2D eigenvalue weighted by Crippen LogP contribution is 2.17. The molecule has 0 aliphatic heterocycles. The van der Waals surface area contributed by atoms with Gasteiger partial charge in [-0.25, -0.2) is 18.6 Å². The number of anilines is 1. The molecule has 0 bridgehead atoms. The van der Waals surface area contributed by atoms with E-state index in [4.69, 9.17) is 0 Å². The lowest BCUT2D eigenvalue weighted by Crippen LogP contribution is -2.32. The van der Waals surface area contributed by atoms with Crippen LogP contribution in [0.15, 0.2) is 55.0 Å². The summed E-state index contributed by atoms with van der Waals surface area (Å²) in [6.07, 6.45) is 5.07. The summed E-state index contributed by atoms with van der Waals surface area (Å²) < 4.78 is 28.8. The second kappa shape index (κ2) is 7.52. The highest BCUT2D eigenvalue weighted by Gasteiger charge is 2.12. The molecule has 25 heavy (non-hydrogen) atoms. The first-order valence-corrected chi connectivity index (χ1v) is 7.56. The van der Waals surface area contributed by atoms with Gasteiger partial charge in [-0.3, -0.25) is 4.98 Å². The number of benzene rings is 1. The highest BCUT2D eigenvalue weighted by atomic mass is 19.1. The van der Waals surface area contributed by atoms with Crippen LogP contribution < -0.4 is 10.6 Å². The average Bonchev–Trinajstić information content (AvgIpc) is 3.08. The van der Waals surface area contributed by atoms with E-state index in [0.717, 1.165) is 12.1 Å². The zero-order chi connectivity index (χ0) is 17.6. The van der Waals surface area contributed by atoms with E-state index in [1.165, 1.54) is 6.07 Å². The number of nitrogens with one attached hydrogen (secondary N) is 2. The number of carbonyl (C=O) groups excluding carboxylic acids is 1. The van der Waals surface area contributed by atoms with Crippen LogP contribution in [0.2, 0.25) is 0 Å². The number of urea groups is 1. The fourth-order valence-corrected chi connectivity index (χ4v) is 2.28. The molecule has 2 N–H and O–H groups in total. The summed E-state index contributed by atoms with van der Waals surface area (Å²) in [6, 6.07) is 8.18. The van der Waals surface area contributed by atoms with Gasteiger partial charge in [-0.2, -0.15) is 0 Å². The zero-order valence-electron chi connectivity index (χ0n) is 13.1. The number of amides is 2. The standard InChI is InChI=1S/C17H15F2N5O/c18-12-4-3-5-13(19)15(12)23-17(25)22-9-11-24-10-8-21-16(24)14-6-1-2-7-20-14/h1-8,10H,9,11H2,(H2,22,23,25). The summed E-state index contributed by atoms with van der Waals surface area (Å²) >= 11 is 0. The summed E-state index contributed by atoms with van der Waals surface area (Å²) in [7, 11) is 0. The molecule has 3 rings (SSSR count). The minimum atomic E-state index is -0.831. The Balaban J connectivity index is 1.57. The fourth-order valence-electron chi connectivity index (χ4n) is 2.28. The van der Waals surface area contributed by atoms with Crippen LogP contribution in [0.3, 0.4) is 0 Å². The summed E-state index contributed by atoms with van der Waals surface area (Å²) in [4.78, 5) is 20.3. The van der Waals surface area contributed by atoms with E-state index in [2.05, 4.69) is 20.6 Å². The molecule has 0 aliphatic carbocycles. The number of carbonyl (C=O) groups is 1. The maximum Gasteiger partial charge on any atom is 0.319 e. The Morgan fingerprint density at radius 2 is 1.84 bits per heavy atom. The topological polar surface area (TPSA) is 71.8 Å². The van der Waals surface area contributed by atoms with Gasteiger partial charge in [0.2, 0.25) is 0 Å². The molecule has 0 aliphatic rings. The fraction of sp³-hybridized carbons (Fsp3) is 0.118. The first kappa shape index (κ1) is 16.6. The van der Waals surface area contributed by atoms with Crippen LogP contribution in [-0.2, 0) is 6.54 Å². The second-order valence-corrected chi connectivity index (χ2v) is 5.14. The van der Waals surface area contributed by atoms with Crippen LogP contribution in [0.4, 0.5) is 19.3 Å². The van der Waals surface area contributed by atoms with Crippen molar-refractivity contribution in [2.45, 2.75) is 6.54 Å². The first-order valence-electron chi connectivity index (χ1n) is 7.56. The number of halogens is 2. The lowest BCUT2D eigenvalue weighted by molar-refractivity contribution is 0.251. The molecule has 0 unspecified atom stereocenters. The number of pyridine rings is 1. The van der Waals surface area contributed by atoms with Crippen LogP contribution in [-0.4, -0.2) is 27.1 Å². The van der Waals surface area contributed by atoms with Gasteiger partial charge in [-0.15, -0.1) is 0 Å². The van der Waals surface area contributed by atoms with E-state index in [-0.39, 0.29) is 6.54 Å². The molecule has 2 amide bonds. The SMILES string of the molecule is O=C(NCCn1ccnc1-c1ccccn1)Nc1c(F)cccc1F. The molecule has 2 aromatic heterocycles. The number of nitrogens with zero attached hydrogens (tertiary/aromatic N) is 3. The number of hydrogen-bond donors (Lipinski definition) is 2. The average molecular weight is 343 g/mol. The van der Waals surface area contributed by atoms with Crippen molar-refractivity contribution in [3.63, 3.8) is 0 Å². The van der Waals surface area contributed by atoms with Crippen molar-refractivity contribution in [3.05, 3.63) is 66.6 Å². The van der Waals surface area contributed by atoms with Gasteiger partial charge < -0.3 is 15.2 Å². The molecule has 0 saturated carbocycles. The van der Waals surface area contributed by atoms with Gasteiger partial charge in [-0.05, 0) is 24.3 Å². The summed E-state index contributed by atoms with van der Waals surface area (Å²) in [5.74, 6) is -0.993. The molecule has 6 nitrogen and oxygen atoms in total. The molecular formula is C17H15F2N5O. The minimum absolute atomic E-state index is 0.248. The Bertz CT molecular complexity index is 846. The molecular weight excluding hydrogens is 328 g/mol. The molecule has 2 heterocycles. The summed E-state index contributed by atoms with van der Waals surface area (Å²) in [5, 5.41) is 4.72. The van der Waals surface area contributed by atoms with Gasteiger partial charge in [0.25, 0.3) is 0 Å². The molecule has 0 saturated heterocycles. The largest absolute Gasteiger partial charge is 0.336 e. The van der Waals surface area contributed by atoms with Crippen molar-refractivity contribution in [2.24, 2.45) is 0 Å². The van der Waals surface area contributed by atoms with Crippen molar-refractivity contribution in [1.29, 1.82) is 0 Å². The number of hydrogen-bond acceptors (Lipinski definition) is 3. The lowest BCUT2D eigenvalue weighted by Gasteiger charge is -2.11. The van der Waals surface area contributed by atoms with E-state index >= 15 is 0 Å². The molecule has 0 atom stereocenters. The van der Waals surface area contributed by atoms with Crippen molar-refractivity contribution < 1.29 is 13.6 Å². The van der Waals surface area contributed by atoms with Crippen LogP contribution in [0.1, 0.15) is 0 Å². The smallest absolute Gasteiger partial charge is 0.319 e. The molecule has 0 radical (unpaired) electrons. The monoisotopic (exact) mass is 343 g/mol. The van der Waals surface area contributed by atoms with Crippen LogP contribution in [0, 0.1) is 11.6 Å². The second-order valence-electron chi connectivity index (χ2n) is 5.14. The predicted molar refractivity (Wildman–Crippen MR) is 88.8 cm³/mol. The van der Waals surface area contributed by atoms with Crippen molar-refractivity contribution in [2.75, 3.05) is 11.9 Å². The van der Waals surface area contributed by atoms with E-state index in [9.17, 15) is 13.6 Å².